The van der Waals surface area contributed by atoms with Crippen LogP contribution < -0.4 is 27.4 Å². The molecule has 0 saturated carbocycles. The van der Waals surface area contributed by atoms with Crippen molar-refractivity contribution in [1.29, 1.82) is 0 Å². The van der Waals surface area contributed by atoms with Gasteiger partial charge in [0.1, 0.15) is 17.8 Å². The Morgan fingerprint density at radius 1 is 0.973 bits per heavy atom. The zero-order chi connectivity index (χ0) is 27.2. The fourth-order valence-electron chi connectivity index (χ4n) is 3.51. The number of aromatic nitrogens is 2. The third-order valence-electron chi connectivity index (χ3n) is 5.57. The molecule has 2 aromatic rings. The normalized spacial score (nSPS) is 13.2. The first-order chi connectivity index (χ1) is 17.7. The van der Waals surface area contributed by atoms with E-state index >= 15 is 0 Å². The summed E-state index contributed by atoms with van der Waals surface area (Å²) in [6, 6.07) is 3.11. The molecule has 1 aromatic heterocycles. The maximum Gasteiger partial charge on any atom is 0.305 e. The van der Waals surface area contributed by atoms with Gasteiger partial charge in [0.15, 0.2) is 0 Å². The van der Waals surface area contributed by atoms with E-state index in [-0.39, 0.29) is 31.6 Å². The van der Waals surface area contributed by atoms with Crippen LogP contribution in [0, 0.1) is 0 Å². The van der Waals surface area contributed by atoms with Crippen molar-refractivity contribution in [3.8, 4) is 5.75 Å². The van der Waals surface area contributed by atoms with Crippen molar-refractivity contribution < 1.29 is 29.4 Å². The van der Waals surface area contributed by atoms with Gasteiger partial charge >= 0.3 is 5.97 Å². The quantitative estimate of drug-likeness (QED) is 0.126. The molecule has 0 fully saturated rings. The Morgan fingerprint density at radius 2 is 1.65 bits per heavy atom. The number of nitrogens with zero attached hydrogens (tertiary/aromatic N) is 1. The first kappa shape index (κ1) is 29.3. The van der Waals surface area contributed by atoms with Gasteiger partial charge in [-0.2, -0.15) is 0 Å². The highest BCUT2D eigenvalue weighted by Gasteiger charge is 2.29. The molecule has 10 N–H and O–H groups in total. The molecule has 1 aromatic carbocycles. The number of nitrogens with one attached hydrogen (secondary N) is 4. The number of carboxylic acid groups (broad SMARTS) is 1. The van der Waals surface area contributed by atoms with E-state index in [1.165, 1.54) is 24.7 Å². The summed E-state index contributed by atoms with van der Waals surface area (Å²) in [4.78, 5) is 56.5. The summed E-state index contributed by atoms with van der Waals surface area (Å²) in [7, 11) is 0. The molecule has 2 rings (SSSR count). The van der Waals surface area contributed by atoms with Gasteiger partial charge in [0.05, 0.1) is 18.8 Å². The number of carboxylic acids is 1. The van der Waals surface area contributed by atoms with E-state index < -0.39 is 41.8 Å². The Kier molecular flexibility index (Phi) is 12.0. The number of nitrogens with two attached hydrogens (primary N) is 2. The summed E-state index contributed by atoms with van der Waals surface area (Å²) in [5.74, 6) is -2.77. The van der Waals surface area contributed by atoms with Gasteiger partial charge in [0.2, 0.25) is 17.7 Å². The second-order valence-corrected chi connectivity index (χ2v) is 8.60. The number of hydrogen-bond acceptors (Lipinski definition) is 8. The van der Waals surface area contributed by atoms with Gasteiger partial charge in [-0.1, -0.05) is 18.6 Å². The van der Waals surface area contributed by atoms with Crippen LogP contribution >= 0.6 is 0 Å². The topological polar surface area (TPSA) is 226 Å². The zero-order valence-electron chi connectivity index (χ0n) is 20.5. The Hall–Kier alpha value is -3.97. The second-order valence-electron chi connectivity index (χ2n) is 8.60. The first-order valence-corrected chi connectivity index (χ1v) is 12.0. The molecule has 0 radical (unpaired) electrons. The highest BCUT2D eigenvalue weighted by Crippen LogP contribution is 2.12. The molecule has 0 bridgehead atoms. The number of H-pyrrole nitrogens is 1. The summed E-state index contributed by atoms with van der Waals surface area (Å²) in [6.07, 6.45) is 4.58. The molecule has 0 unspecified atom stereocenters. The summed E-state index contributed by atoms with van der Waals surface area (Å²) in [5, 5.41) is 26.2. The summed E-state index contributed by atoms with van der Waals surface area (Å²) >= 11 is 0. The number of carbonyl (C=O) groups is 4. The van der Waals surface area contributed by atoms with Gasteiger partial charge in [-0.15, -0.1) is 0 Å². The summed E-state index contributed by atoms with van der Waals surface area (Å²) < 4.78 is 0. The molecule has 3 atom stereocenters. The average Bonchev–Trinajstić information content (AvgIpc) is 3.37. The van der Waals surface area contributed by atoms with Gasteiger partial charge in [-0.25, -0.2) is 4.98 Å². The highest BCUT2D eigenvalue weighted by atomic mass is 16.4. The van der Waals surface area contributed by atoms with Crippen LogP contribution in [0.5, 0.6) is 5.75 Å². The monoisotopic (exact) mass is 517 g/mol. The lowest BCUT2D eigenvalue weighted by atomic mass is 10.0. The van der Waals surface area contributed by atoms with E-state index in [2.05, 4.69) is 25.9 Å². The van der Waals surface area contributed by atoms with Crippen LogP contribution in [0.1, 0.15) is 36.9 Å². The smallest absolute Gasteiger partial charge is 0.305 e. The minimum Gasteiger partial charge on any atom is -0.508 e. The fraction of sp³-hybridized carbons (Fsp3) is 0.458. The van der Waals surface area contributed by atoms with Crippen LogP contribution in [0.2, 0.25) is 0 Å². The third-order valence-corrected chi connectivity index (χ3v) is 5.57. The number of aliphatic carboxylic acids is 1. The Balaban J connectivity index is 2.17. The molecule has 13 heteroatoms. The van der Waals surface area contributed by atoms with E-state index in [1.807, 2.05) is 0 Å². The molecule has 0 saturated heterocycles. The van der Waals surface area contributed by atoms with Crippen molar-refractivity contribution in [2.24, 2.45) is 11.5 Å². The van der Waals surface area contributed by atoms with Crippen molar-refractivity contribution in [3.05, 3.63) is 48.0 Å². The van der Waals surface area contributed by atoms with Crippen molar-refractivity contribution in [2.75, 3.05) is 13.1 Å². The van der Waals surface area contributed by atoms with Crippen LogP contribution in [0.25, 0.3) is 0 Å². The Morgan fingerprint density at radius 3 is 2.27 bits per heavy atom. The Labute approximate surface area is 214 Å². The molecule has 0 aliphatic heterocycles. The highest BCUT2D eigenvalue weighted by molar-refractivity contribution is 5.93. The molecule has 1 heterocycles. The molecule has 202 valence electrons. The van der Waals surface area contributed by atoms with E-state index in [4.69, 9.17) is 16.6 Å². The van der Waals surface area contributed by atoms with E-state index in [0.717, 1.165) is 6.42 Å². The maximum absolute atomic E-state index is 13.3. The number of carbonyl (C=O) groups excluding carboxylic acids is 3. The van der Waals surface area contributed by atoms with Gasteiger partial charge in [0.25, 0.3) is 0 Å². The minimum absolute atomic E-state index is 0.0420. The number of unbranched alkanes of at least 4 members (excludes halogenated alkanes) is 1. The first-order valence-electron chi connectivity index (χ1n) is 12.0. The zero-order valence-corrected chi connectivity index (χ0v) is 20.5. The Bertz CT molecular complexity index is 1010. The molecule has 3 amide bonds. The predicted octanol–water partition coefficient (Wildman–Crippen LogP) is -1.08. The van der Waals surface area contributed by atoms with E-state index in [1.54, 1.807) is 12.1 Å². The molecule has 0 aliphatic rings. The van der Waals surface area contributed by atoms with Gasteiger partial charge in [-0.3, -0.25) is 19.2 Å². The standard InChI is InChI=1S/C24H35N7O6/c25-9-2-1-3-18(26)22(35)30-20(12-16-13-27-14-29-16)24(37)31-19(23(36)28-10-8-21(33)34)11-15-4-6-17(32)7-5-15/h4-7,13-14,18-20,32H,1-3,8-12,25-26H2,(H,27,29)(H,28,36)(H,30,35)(H,31,37)(H,33,34)/t18-,19-,20-/m0/s1. The van der Waals surface area contributed by atoms with Gasteiger partial charge < -0.3 is 42.6 Å². The number of aromatic hydroxyl groups is 1. The van der Waals surface area contributed by atoms with Crippen LogP contribution in [-0.2, 0) is 32.0 Å². The molecule has 13 nitrogen and oxygen atoms in total. The van der Waals surface area contributed by atoms with Crippen molar-refractivity contribution in [3.63, 3.8) is 0 Å². The fourth-order valence-corrected chi connectivity index (χ4v) is 3.51. The molecule has 0 aliphatic carbocycles. The minimum atomic E-state index is -1.08. The summed E-state index contributed by atoms with van der Waals surface area (Å²) in [5.41, 5.74) is 12.7. The summed E-state index contributed by atoms with van der Waals surface area (Å²) in [6.45, 7) is 0.359. The van der Waals surface area contributed by atoms with Gasteiger partial charge in [0, 0.05) is 31.3 Å². The second kappa shape index (κ2) is 15.2. The van der Waals surface area contributed by atoms with Gasteiger partial charge in [-0.05, 0) is 37.1 Å². The lowest BCUT2D eigenvalue weighted by molar-refractivity contribution is -0.137. The maximum atomic E-state index is 13.3. The number of benzene rings is 1. The van der Waals surface area contributed by atoms with Crippen LogP contribution in [0.15, 0.2) is 36.8 Å². The SMILES string of the molecule is NCCCC[C@H](N)C(=O)N[C@@H](Cc1cnc[nH]1)C(=O)N[C@@H](Cc1ccc(O)cc1)C(=O)NCCC(=O)O. The van der Waals surface area contributed by atoms with Crippen molar-refractivity contribution in [1.82, 2.24) is 25.9 Å². The number of phenols is 1. The van der Waals surface area contributed by atoms with E-state index in [0.29, 0.717) is 30.6 Å². The number of rotatable bonds is 16. The lowest BCUT2D eigenvalue weighted by Gasteiger charge is -2.24. The van der Waals surface area contributed by atoms with Crippen molar-refractivity contribution >= 4 is 23.7 Å². The van der Waals surface area contributed by atoms with E-state index in [9.17, 15) is 24.3 Å². The number of amides is 3. The molecular formula is C24H35N7O6. The predicted molar refractivity (Wildman–Crippen MR) is 134 cm³/mol. The molecule has 0 spiro atoms. The van der Waals surface area contributed by atoms with Crippen LogP contribution in [-0.4, -0.2) is 75.1 Å². The molecule has 37 heavy (non-hydrogen) atoms. The molecular weight excluding hydrogens is 482 g/mol. The number of phenolic OH excluding ortho intramolecular Hbond substituents is 1. The van der Waals surface area contributed by atoms with Crippen LogP contribution in [0.4, 0.5) is 0 Å². The average molecular weight is 518 g/mol. The lowest BCUT2D eigenvalue weighted by Crippen LogP contribution is -2.57. The number of aromatic amines is 1. The van der Waals surface area contributed by atoms with Crippen molar-refractivity contribution in [2.45, 2.75) is 56.7 Å². The largest absolute Gasteiger partial charge is 0.508 e. The number of hydrogen-bond donors (Lipinski definition) is 8. The number of imidazole rings is 1. The van der Waals surface area contributed by atoms with Crippen LogP contribution in [0.3, 0.4) is 0 Å². The third kappa shape index (κ3) is 10.7.